The minimum absolute atomic E-state index is 0.674. The van der Waals surface area contributed by atoms with Gasteiger partial charge in [-0.1, -0.05) is 188 Å². The smallest absolute Gasteiger partial charge is 0.162 e. The second-order valence-corrected chi connectivity index (χ2v) is 15.8. The lowest BCUT2D eigenvalue weighted by atomic mass is 9.93. The van der Waals surface area contributed by atoms with Crippen LogP contribution in [0.4, 0.5) is 0 Å². The molecule has 0 fully saturated rings. The fourth-order valence-corrected chi connectivity index (χ4v) is 9.23. The van der Waals surface area contributed by atoms with Gasteiger partial charge in [-0.2, -0.15) is 0 Å². The summed E-state index contributed by atoms with van der Waals surface area (Å²) in [6, 6.07) is 80.5. The van der Waals surface area contributed by atoms with Gasteiger partial charge in [-0.25, -0.2) is 9.97 Å². The molecule has 0 saturated heterocycles. The van der Waals surface area contributed by atoms with Gasteiger partial charge < -0.3 is 0 Å². The number of hydrogen-bond acceptors (Lipinski definition) is 2. The van der Waals surface area contributed by atoms with Crippen molar-refractivity contribution >= 4 is 54.1 Å². The molecule has 2 aromatic heterocycles. The molecule has 3 heteroatoms. The van der Waals surface area contributed by atoms with Gasteiger partial charge in [-0.3, -0.25) is 4.57 Å². The lowest BCUT2D eigenvalue weighted by Gasteiger charge is -2.14. The maximum atomic E-state index is 5.44. The van der Waals surface area contributed by atoms with E-state index >= 15 is 0 Å². The summed E-state index contributed by atoms with van der Waals surface area (Å²) in [6.45, 7) is 0. The van der Waals surface area contributed by atoms with Crippen molar-refractivity contribution in [3.05, 3.63) is 224 Å². The molecule has 0 spiro atoms. The summed E-state index contributed by atoms with van der Waals surface area (Å²) < 4.78 is 2.32. The monoisotopic (exact) mass is 775 g/mol. The number of hydrogen-bond donors (Lipinski definition) is 0. The van der Waals surface area contributed by atoms with Crippen LogP contribution in [0.3, 0.4) is 0 Å². The number of nitrogens with zero attached hydrogens (tertiary/aromatic N) is 3. The maximum absolute atomic E-state index is 5.44. The Hall–Kier alpha value is -8.14. The maximum Gasteiger partial charge on any atom is 0.162 e. The first kappa shape index (κ1) is 34.9. The summed E-state index contributed by atoms with van der Waals surface area (Å²) in [5.74, 6) is 1.49. The Bertz CT molecular complexity index is 3480. The number of aromatic nitrogens is 3. The van der Waals surface area contributed by atoms with Crippen LogP contribution in [0.2, 0.25) is 0 Å². The molecule has 2 heterocycles. The Morgan fingerprint density at radius 1 is 0.246 bits per heavy atom. The summed E-state index contributed by atoms with van der Waals surface area (Å²) in [6.07, 6.45) is 0. The van der Waals surface area contributed by atoms with Gasteiger partial charge in [0.25, 0.3) is 0 Å². The van der Waals surface area contributed by atoms with Crippen LogP contribution in [-0.4, -0.2) is 14.5 Å². The van der Waals surface area contributed by atoms with Gasteiger partial charge in [0.2, 0.25) is 0 Å². The highest BCUT2D eigenvalue weighted by Crippen LogP contribution is 2.40. The third-order valence-corrected chi connectivity index (χ3v) is 12.2. The Kier molecular flexibility index (Phi) is 8.17. The summed E-state index contributed by atoms with van der Waals surface area (Å²) >= 11 is 0. The van der Waals surface area contributed by atoms with Gasteiger partial charge in [-0.05, 0) is 96.0 Å². The Balaban J connectivity index is 1.11. The molecule has 3 nitrogen and oxygen atoms in total. The third kappa shape index (κ3) is 5.98. The van der Waals surface area contributed by atoms with E-state index in [0.717, 1.165) is 39.2 Å². The van der Waals surface area contributed by atoms with Gasteiger partial charge in [-0.15, -0.1) is 0 Å². The summed E-state index contributed by atoms with van der Waals surface area (Å²) in [4.78, 5) is 10.8. The van der Waals surface area contributed by atoms with E-state index in [0.29, 0.717) is 5.82 Å². The van der Waals surface area contributed by atoms with E-state index in [1.54, 1.807) is 0 Å². The predicted molar refractivity (Wildman–Crippen MR) is 256 cm³/mol. The average molecular weight is 776 g/mol. The van der Waals surface area contributed by atoms with Crippen molar-refractivity contribution in [1.29, 1.82) is 0 Å². The van der Waals surface area contributed by atoms with Gasteiger partial charge >= 0.3 is 0 Å². The number of rotatable bonds is 6. The highest BCUT2D eigenvalue weighted by Gasteiger charge is 2.19. The Labute approximate surface area is 353 Å². The fourth-order valence-electron chi connectivity index (χ4n) is 9.23. The van der Waals surface area contributed by atoms with Gasteiger partial charge in [0.05, 0.1) is 16.7 Å². The normalized spacial score (nSPS) is 11.6. The van der Waals surface area contributed by atoms with Crippen LogP contribution in [0, 0.1) is 0 Å². The first-order valence-corrected chi connectivity index (χ1v) is 20.8. The first-order chi connectivity index (χ1) is 30.2. The molecule has 0 aliphatic heterocycles. The van der Waals surface area contributed by atoms with E-state index in [2.05, 4.69) is 229 Å². The molecule has 12 aromatic rings. The van der Waals surface area contributed by atoms with E-state index < -0.39 is 0 Å². The van der Waals surface area contributed by atoms with Crippen molar-refractivity contribution in [3.63, 3.8) is 0 Å². The Morgan fingerprint density at radius 2 is 0.623 bits per heavy atom. The largest absolute Gasteiger partial charge is 0.294 e. The summed E-state index contributed by atoms with van der Waals surface area (Å²) in [5, 5.41) is 9.78. The van der Waals surface area contributed by atoms with Crippen molar-refractivity contribution in [3.8, 4) is 61.8 Å². The molecule has 12 rings (SSSR count). The Morgan fingerprint density at radius 3 is 1.15 bits per heavy atom. The van der Waals surface area contributed by atoms with Gasteiger partial charge in [0, 0.05) is 28.0 Å². The quantitative estimate of drug-likeness (QED) is 0.158. The molecule has 0 N–H and O–H groups in total. The van der Waals surface area contributed by atoms with Crippen molar-refractivity contribution in [2.24, 2.45) is 0 Å². The van der Waals surface area contributed by atoms with E-state index in [-0.39, 0.29) is 0 Å². The molecule has 61 heavy (non-hydrogen) atoms. The molecule has 0 bridgehead atoms. The topological polar surface area (TPSA) is 30.7 Å². The van der Waals surface area contributed by atoms with Crippen LogP contribution < -0.4 is 0 Å². The zero-order valence-electron chi connectivity index (χ0n) is 33.2. The van der Waals surface area contributed by atoms with Crippen LogP contribution >= 0.6 is 0 Å². The van der Waals surface area contributed by atoms with Crippen LogP contribution in [0.15, 0.2) is 224 Å². The minimum Gasteiger partial charge on any atom is -0.294 e. The van der Waals surface area contributed by atoms with Crippen LogP contribution in [0.1, 0.15) is 0 Å². The van der Waals surface area contributed by atoms with Crippen molar-refractivity contribution in [1.82, 2.24) is 14.5 Å². The summed E-state index contributed by atoms with van der Waals surface area (Å²) in [7, 11) is 0. The lowest BCUT2D eigenvalue weighted by Crippen LogP contribution is -2.02. The fraction of sp³-hybridized carbons (Fsp3) is 0. The average Bonchev–Trinajstić information content (AvgIpc) is 3.68. The van der Waals surface area contributed by atoms with E-state index in [1.165, 1.54) is 70.9 Å². The second kappa shape index (κ2) is 14.3. The first-order valence-electron chi connectivity index (χ1n) is 20.8. The SMILES string of the molecule is c1ccc(-c2ccc(-c3nc(-c4ccc5c6ccccc6c6ccccc6c5c4)cc(-n4c5ccc(-c6ccccc6)cc5c5cc(-c6ccccc6)ccc54)n3)cc2)cc1. The molecule has 284 valence electrons. The molecule has 0 radical (unpaired) electrons. The number of benzene rings is 10. The number of fused-ring (bicyclic) bond motifs is 9. The highest BCUT2D eigenvalue weighted by molar-refractivity contribution is 6.25. The van der Waals surface area contributed by atoms with Crippen LogP contribution in [-0.2, 0) is 0 Å². The molecule has 0 unspecified atom stereocenters. The third-order valence-electron chi connectivity index (χ3n) is 12.2. The van der Waals surface area contributed by atoms with Crippen LogP contribution in [0.25, 0.3) is 116 Å². The van der Waals surface area contributed by atoms with Gasteiger partial charge in [0.1, 0.15) is 5.82 Å². The van der Waals surface area contributed by atoms with E-state index in [9.17, 15) is 0 Å². The molecule has 10 aromatic carbocycles. The molecular formula is C58H37N3. The molecule has 0 saturated carbocycles. The summed E-state index contributed by atoms with van der Waals surface area (Å²) in [5.41, 5.74) is 12.1. The minimum atomic E-state index is 0.674. The zero-order valence-corrected chi connectivity index (χ0v) is 33.2. The van der Waals surface area contributed by atoms with E-state index in [1.807, 2.05) is 0 Å². The molecule has 0 aliphatic carbocycles. The lowest BCUT2D eigenvalue weighted by molar-refractivity contribution is 1.05. The standard InChI is InChI=1S/C58H37N3/c1-4-14-38(15-5-1)41-24-26-42(27-25-41)58-59-54(45-28-31-50-48-22-11-10-20-46(48)47-21-12-13-23-49(47)51(50)36-45)37-57(60-58)61-55-32-29-43(39-16-6-2-7-17-39)34-52(55)53-35-44(30-33-56(53)61)40-18-8-3-9-19-40/h1-37H. The zero-order chi connectivity index (χ0) is 40.3. The molecule has 0 amide bonds. The van der Waals surface area contributed by atoms with Crippen molar-refractivity contribution in [2.75, 3.05) is 0 Å². The van der Waals surface area contributed by atoms with Crippen LogP contribution in [0.5, 0.6) is 0 Å². The highest BCUT2D eigenvalue weighted by atomic mass is 15.1. The van der Waals surface area contributed by atoms with Crippen molar-refractivity contribution in [2.45, 2.75) is 0 Å². The van der Waals surface area contributed by atoms with Gasteiger partial charge in [0.15, 0.2) is 5.82 Å². The molecule has 0 atom stereocenters. The van der Waals surface area contributed by atoms with E-state index in [4.69, 9.17) is 9.97 Å². The van der Waals surface area contributed by atoms with Crippen molar-refractivity contribution < 1.29 is 0 Å². The molecular weight excluding hydrogens is 739 g/mol. The second-order valence-electron chi connectivity index (χ2n) is 15.8. The molecule has 0 aliphatic rings. The predicted octanol–water partition coefficient (Wildman–Crippen LogP) is 15.4.